The van der Waals surface area contributed by atoms with E-state index in [1.54, 1.807) is 24.3 Å². The Morgan fingerprint density at radius 1 is 0.477 bits per heavy atom. The zero-order valence-electron chi connectivity index (χ0n) is 33.0. The van der Waals surface area contributed by atoms with E-state index < -0.39 is 125 Å². The highest BCUT2D eigenvalue weighted by molar-refractivity contribution is 7.27. The molecule has 0 saturated heterocycles. The van der Waals surface area contributed by atoms with Gasteiger partial charge in [0.15, 0.2) is 63.0 Å². The smallest absolute Gasteiger partial charge is 0.208 e. The second-order valence-corrected chi connectivity index (χ2v) is 15.7. The van der Waals surface area contributed by atoms with Gasteiger partial charge in [-0.2, -0.15) is 0 Å². The predicted molar refractivity (Wildman–Crippen MR) is 247 cm³/mol. The summed E-state index contributed by atoms with van der Waals surface area (Å²) in [7, 11) is 12.4. The summed E-state index contributed by atoms with van der Waals surface area (Å²) < 4.78 is 5.24. The van der Waals surface area contributed by atoms with Crippen LogP contribution in [0.1, 0.15) is 16.7 Å². The van der Waals surface area contributed by atoms with Gasteiger partial charge in [0.2, 0.25) is 17.2 Å². The van der Waals surface area contributed by atoms with Crippen LogP contribution in [0.2, 0.25) is 0 Å². The number of hydrogen-bond acceptors (Lipinski definition) is 15. The lowest BCUT2D eigenvalue weighted by atomic mass is 9.82. The van der Waals surface area contributed by atoms with Crippen LogP contribution in [0.4, 0.5) is 0 Å². The fraction of sp³-hybridized carbons (Fsp3) is 0. The SMILES string of the molecule is [B]c1c(O)c(O)c2sc3c(O)c(O)c(C(=C)N=C(N=C(N)c4ccc(-c5cccc(-c6ccccc6)c5)cc4)c4c(O)c(O)c5c(oc6c(O)c(O)c(O)c(O)c65)c4O)c([B])c3c2c1O. The van der Waals surface area contributed by atoms with E-state index in [1.165, 1.54) is 0 Å². The van der Waals surface area contributed by atoms with E-state index in [0.29, 0.717) is 11.3 Å². The number of furan rings is 1. The van der Waals surface area contributed by atoms with Gasteiger partial charge in [0.05, 0.1) is 25.9 Å². The maximum absolute atomic E-state index is 11.8. The number of nitrogens with zero attached hydrogens (tertiary/aromatic N) is 2. The van der Waals surface area contributed by atoms with Crippen molar-refractivity contribution in [3.63, 3.8) is 0 Å². The summed E-state index contributed by atoms with van der Waals surface area (Å²) in [5.41, 5.74) is 6.07. The molecule has 0 aliphatic carbocycles. The molecule has 0 fully saturated rings. The summed E-state index contributed by atoms with van der Waals surface area (Å²) in [6, 6.07) is 24.3. The monoisotopic (exact) mass is 885 g/mol. The van der Waals surface area contributed by atoms with Gasteiger partial charge in [-0.3, -0.25) is 0 Å². The topological polar surface area (TPSA) is 307 Å². The van der Waals surface area contributed by atoms with Crippen LogP contribution >= 0.6 is 11.3 Å². The number of thiophene rings is 1. The van der Waals surface area contributed by atoms with Crippen molar-refractivity contribution in [3.8, 4) is 91.2 Å². The minimum absolute atomic E-state index is 0.164. The predicted octanol–water partition coefficient (Wildman–Crippen LogP) is 6.17. The standard InChI is InChI=1S/C46H29B2N3O13S/c1-15(21-27(47)22-25-29(52)28(48)35(58)40(63)44(25)65-43(22)39(62)30(21)53)50-46(26-33(56)31(54)23-24-32(55)36(59)37(60)38(61)42(24)64-41(23)34(26)57)51-45(49)18-12-10-17(11-13-18)20-9-5-8-19(14-20)16-6-3-2-4-7-16/h2-14,52-63H,1H2,(H2,49,50,51). The van der Waals surface area contributed by atoms with Crippen molar-refractivity contribution in [1.29, 1.82) is 0 Å². The van der Waals surface area contributed by atoms with Crippen molar-refractivity contribution in [2.75, 3.05) is 0 Å². The quantitative estimate of drug-likeness (QED) is 0.0292. The summed E-state index contributed by atoms with van der Waals surface area (Å²) in [5, 5.41) is 130. The Bertz CT molecular complexity index is 3620. The molecular weight excluding hydrogens is 856 g/mol. The molecule has 0 atom stereocenters. The Hall–Kier alpha value is -8.83. The lowest BCUT2D eigenvalue weighted by Gasteiger charge is -2.15. The van der Waals surface area contributed by atoms with E-state index in [9.17, 15) is 61.3 Å². The van der Waals surface area contributed by atoms with Crippen LogP contribution in [-0.2, 0) is 0 Å². The second kappa shape index (κ2) is 14.9. The van der Waals surface area contributed by atoms with E-state index in [0.717, 1.165) is 22.3 Å². The molecular formula is C46H29B2N3O13S. The van der Waals surface area contributed by atoms with Crippen molar-refractivity contribution in [1.82, 2.24) is 0 Å². The molecule has 0 aliphatic heterocycles. The highest BCUT2D eigenvalue weighted by Gasteiger charge is 2.33. The molecule has 4 radical (unpaired) electrons. The van der Waals surface area contributed by atoms with Crippen molar-refractivity contribution in [3.05, 3.63) is 102 Å². The largest absolute Gasteiger partial charge is 0.508 e. The van der Waals surface area contributed by atoms with Gasteiger partial charge >= 0.3 is 0 Å². The van der Waals surface area contributed by atoms with Crippen LogP contribution in [-0.4, -0.2) is 88.6 Å². The molecule has 318 valence electrons. The molecule has 0 unspecified atom stereocenters. The highest BCUT2D eigenvalue weighted by Crippen LogP contribution is 2.57. The number of fused-ring (bicyclic) bond motifs is 6. The van der Waals surface area contributed by atoms with Gasteiger partial charge in [-0.15, -0.1) is 11.3 Å². The van der Waals surface area contributed by atoms with E-state index >= 15 is 0 Å². The number of aliphatic imine (C=N–C) groups is 2. The second-order valence-electron chi connectivity index (χ2n) is 14.7. The number of nitrogens with two attached hydrogens (primary N) is 1. The first-order valence-corrected chi connectivity index (χ1v) is 19.7. The zero-order valence-corrected chi connectivity index (χ0v) is 33.8. The number of hydrogen-bond donors (Lipinski definition) is 13. The van der Waals surface area contributed by atoms with Crippen molar-refractivity contribution in [2.45, 2.75) is 0 Å². The fourth-order valence-corrected chi connectivity index (χ4v) is 8.89. The summed E-state index contributed by atoms with van der Waals surface area (Å²) in [6.07, 6.45) is 0. The summed E-state index contributed by atoms with van der Waals surface area (Å²) in [4.78, 5) is 8.75. The highest BCUT2D eigenvalue weighted by atomic mass is 32.1. The summed E-state index contributed by atoms with van der Waals surface area (Å²) in [5.74, 6) is -13.2. The third-order valence-electron chi connectivity index (χ3n) is 11.0. The Balaban J connectivity index is 1.25. The molecule has 2 aromatic heterocycles. The van der Waals surface area contributed by atoms with Gasteiger partial charge in [0, 0.05) is 21.9 Å². The molecule has 0 saturated carbocycles. The van der Waals surface area contributed by atoms with E-state index in [-0.39, 0.29) is 31.6 Å². The zero-order chi connectivity index (χ0) is 46.5. The van der Waals surface area contributed by atoms with Crippen LogP contribution in [0, 0.1) is 0 Å². The molecule has 16 nitrogen and oxygen atoms in total. The Kier molecular flexibility index (Phi) is 9.53. The molecule has 0 spiro atoms. The van der Waals surface area contributed by atoms with Crippen LogP contribution in [0.3, 0.4) is 0 Å². The number of amidine groups is 2. The third-order valence-corrected chi connectivity index (χ3v) is 12.2. The van der Waals surface area contributed by atoms with E-state index in [2.05, 4.69) is 16.6 Å². The summed E-state index contributed by atoms with van der Waals surface area (Å²) in [6.45, 7) is 3.88. The van der Waals surface area contributed by atoms with Gasteiger partial charge in [-0.25, -0.2) is 9.98 Å². The first kappa shape index (κ1) is 41.5. The molecule has 7 aromatic carbocycles. The average Bonchev–Trinajstić information content (AvgIpc) is 3.92. The van der Waals surface area contributed by atoms with Crippen molar-refractivity contribution < 1.29 is 65.7 Å². The van der Waals surface area contributed by atoms with Crippen LogP contribution in [0.25, 0.3) is 70.1 Å². The number of aromatic hydroxyl groups is 12. The van der Waals surface area contributed by atoms with Gasteiger partial charge in [-0.05, 0) is 33.8 Å². The first-order chi connectivity index (χ1) is 30.9. The van der Waals surface area contributed by atoms with Crippen LogP contribution < -0.4 is 16.7 Å². The number of phenols is 12. The number of phenolic OH excluding ortho intramolecular Hbond substituents is 12. The lowest BCUT2D eigenvalue weighted by molar-refractivity contribution is 0.348. The van der Waals surface area contributed by atoms with Crippen molar-refractivity contribution in [2.24, 2.45) is 15.7 Å². The minimum atomic E-state index is -1.22. The van der Waals surface area contributed by atoms with E-state index in [1.807, 2.05) is 54.6 Å². The fourth-order valence-electron chi connectivity index (χ4n) is 7.68. The van der Waals surface area contributed by atoms with Crippen LogP contribution in [0.5, 0.6) is 69.0 Å². The van der Waals surface area contributed by atoms with Crippen molar-refractivity contribution >= 4 is 97.4 Å². The van der Waals surface area contributed by atoms with Gasteiger partial charge in [0.1, 0.15) is 32.8 Å². The van der Waals surface area contributed by atoms with Crippen LogP contribution in [0.15, 0.2) is 99.8 Å². The molecule has 19 heteroatoms. The maximum Gasteiger partial charge on any atom is 0.208 e. The Morgan fingerprint density at radius 3 is 1.65 bits per heavy atom. The lowest BCUT2D eigenvalue weighted by Crippen LogP contribution is -2.17. The normalized spacial score (nSPS) is 12.2. The molecule has 0 bridgehead atoms. The Morgan fingerprint density at radius 2 is 1.00 bits per heavy atom. The molecule has 9 rings (SSSR count). The third kappa shape index (κ3) is 6.16. The first-order valence-electron chi connectivity index (χ1n) is 18.9. The molecule has 0 amide bonds. The maximum atomic E-state index is 11.8. The minimum Gasteiger partial charge on any atom is -0.508 e. The Labute approximate surface area is 371 Å². The van der Waals surface area contributed by atoms with Gasteiger partial charge < -0.3 is 71.4 Å². The molecule has 65 heavy (non-hydrogen) atoms. The molecule has 2 heterocycles. The molecule has 14 N–H and O–H groups in total. The van der Waals surface area contributed by atoms with Gasteiger partial charge in [0.25, 0.3) is 0 Å². The molecule has 9 aromatic rings. The number of benzene rings is 7. The number of rotatable bonds is 6. The van der Waals surface area contributed by atoms with E-state index in [4.69, 9.17) is 25.8 Å². The molecule has 0 aliphatic rings. The summed E-state index contributed by atoms with van der Waals surface area (Å²) >= 11 is 0.638. The van der Waals surface area contributed by atoms with Gasteiger partial charge in [-0.1, -0.05) is 84.8 Å². The average molecular weight is 885 g/mol.